The molecule has 2 aromatic carbocycles. The Morgan fingerprint density at radius 3 is 2.00 bits per heavy atom. The Kier molecular flexibility index (Phi) is 4.39. The summed E-state index contributed by atoms with van der Waals surface area (Å²) >= 11 is 0. The Hall–Kier alpha value is -2.60. The van der Waals surface area contributed by atoms with E-state index in [9.17, 15) is 8.42 Å². The van der Waals surface area contributed by atoms with E-state index >= 15 is 0 Å². The number of sulfone groups is 1. The first kappa shape index (κ1) is 17.2. The van der Waals surface area contributed by atoms with Gasteiger partial charge in [0.15, 0.2) is 9.84 Å². The van der Waals surface area contributed by atoms with E-state index in [2.05, 4.69) is 5.16 Å². The summed E-state index contributed by atoms with van der Waals surface area (Å²) in [6.45, 7) is 1.85. The quantitative estimate of drug-likeness (QED) is 0.712. The van der Waals surface area contributed by atoms with Crippen LogP contribution in [0.25, 0.3) is 22.4 Å². The summed E-state index contributed by atoms with van der Waals surface area (Å²) in [5, 5.41) is 4.20. The molecule has 0 amide bonds. The number of aromatic nitrogens is 1. The van der Waals surface area contributed by atoms with Gasteiger partial charge < -0.3 is 9.42 Å². The lowest BCUT2D eigenvalue weighted by Crippen LogP contribution is -2.07. The Morgan fingerprint density at radius 2 is 1.48 bits per heavy atom. The zero-order valence-electron chi connectivity index (χ0n) is 14.6. The molecule has 0 spiro atoms. The first-order valence-corrected chi connectivity index (χ1v) is 9.71. The minimum absolute atomic E-state index is 0.294. The summed E-state index contributed by atoms with van der Waals surface area (Å²) in [5.74, 6) is 0.693. The van der Waals surface area contributed by atoms with Gasteiger partial charge in [0, 0.05) is 31.6 Å². The molecule has 25 heavy (non-hydrogen) atoms. The molecule has 130 valence electrons. The molecule has 0 radical (unpaired) electrons. The van der Waals surface area contributed by atoms with Gasteiger partial charge in [-0.25, -0.2) is 8.42 Å². The molecular weight excluding hydrogens is 336 g/mol. The summed E-state index contributed by atoms with van der Waals surface area (Å²) < 4.78 is 28.7. The SMILES string of the molecule is Cc1onc(-c2ccc(N(C)C)cc2)c1-c1ccc(S(C)(=O)=O)cc1. The molecule has 1 heterocycles. The van der Waals surface area contributed by atoms with Crippen molar-refractivity contribution < 1.29 is 12.9 Å². The third kappa shape index (κ3) is 3.44. The molecule has 0 aliphatic rings. The average molecular weight is 356 g/mol. The number of benzene rings is 2. The highest BCUT2D eigenvalue weighted by molar-refractivity contribution is 7.90. The second-order valence-electron chi connectivity index (χ2n) is 6.20. The zero-order valence-corrected chi connectivity index (χ0v) is 15.5. The van der Waals surface area contributed by atoms with Crippen LogP contribution in [0.3, 0.4) is 0 Å². The molecule has 0 fully saturated rings. The van der Waals surface area contributed by atoms with Crippen molar-refractivity contribution in [3.63, 3.8) is 0 Å². The predicted octanol–water partition coefficient (Wildman–Crippen LogP) is 3.79. The van der Waals surface area contributed by atoms with E-state index in [1.807, 2.05) is 50.2 Å². The van der Waals surface area contributed by atoms with Gasteiger partial charge in [0.25, 0.3) is 0 Å². The van der Waals surface area contributed by atoms with Gasteiger partial charge in [0.1, 0.15) is 11.5 Å². The van der Waals surface area contributed by atoms with Crippen molar-refractivity contribution in [2.75, 3.05) is 25.3 Å². The third-order valence-electron chi connectivity index (χ3n) is 4.09. The van der Waals surface area contributed by atoms with Crippen LogP contribution in [0.2, 0.25) is 0 Å². The summed E-state index contributed by atoms with van der Waals surface area (Å²) in [6.07, 6.45) is 1.20. The smallest absolute Gasteiger partial charge is 0.175 e. The normalized spacial score (nSPS) is 11.5. The van der Waals surface area contributed by atoms with Crippen molar-refractivity contribution in [1.82, 2.24) is 5.16 Å². The number of hydrogen-bond acceptors (Lipinski definition) is 5. The maximum absolute atomic E-state index is 11.6. The molecule has 5 nitrogen and oxygen atoms in total. The molecule has 0 saturated carbocycles. The van der Waals surface area contributed by atoms with Crippen molar-refractivity contribution in [2.45, 2.75) is 11.8 Å². The van der Waals surface area contributed by atoms with Crippen LogP contribution in [0.15, 0.2) is 57.9 Å². The highest BCUT2D eigenvalue weighted by Crippen LogP contribution is 2.35. The van der Waals surface area contributed by atoms with E-state index in [0.29, 0.717) is 10.7 Å². The standard InChI is InChI=1S/C19H20N2O3S/c1-13-18(14-7-11-17(12-8-14)25(4,22)23)19(20-24-13)15-5-9-16(10-6-15)21(2)3/h5-12H,1-4H3. The Balaban J connectivity index is 2.05. The molecule has 0 bridgehead atoms. The van der Waals surface area contributed by atoms with E-state index in [1.54, 1.807) is 24.3 Å². The first-order chi connectivity index (χ1) is 11.8. The van der Waals surface area contributed by atoms with Crippen LogP contribution in [-0.2, 0) is 9.84 Å². The fourth-order valence-corrected chi connectivity index (χ4v) is 3.33. The Bertz CT molecular complexity index is 986. The average Bonchev–Trinajstić information content (AvgIpc) is 2.96. The third-order valence-corrected chi connectivity index (χ3v) is 5.22. The molecule has 0 aliphatic carbocycles. The van der Waals surface area contributed by atoms with Crippen molar-refractivity contribution >= 4 is 15.5 Å². The number of aryl methyl sites for hydroxylation is 1. The van der Waals surface area contributed by atoms with E-state index in [0.717, 1.165) is 28.1 Å². The lowest BCUT2D eigenvalue weighted by Gasteiger charge is -2.12. The zero-order chi connectivity index (χ0) is 18.2. The van der Waals surface area contributed by atoms with Crippen molar-refractivity contribution in [3.05, 3.63) is 54.3 Å². The number of anilines is 1. The van der Waals surface area contributed by atoms with Crippen LogP contribution in [0, 0.1) is 6.92 Å². The van der Waals surface area contributed by atoms with Crippen LogP contribution in [-0.4, -0.2) is 33.9 Å². The minimum Gasteiger partial charge on any atom is -0.378 e. The van der Waals surface area contributed by atoms with Gasteiger partial charge >= 0.3 is 0 Å². The fraction of sp³-hybridized carbons (Fsp3) is 0.211. The van der Waals surface area contributed by atoms with E-state index in [4.69, 9.17) is 4.52 Å². The number of nitrogens with zero attached hydrogens (tertiary/aromatic N) is 2. The van der Waals surface area contributed by atoms with Crippen LogP contribution in [0.5, 0.6) is 0 Å². The highest BCUT2D eigenvalue weighted by Gasteiger charge is 2.17. The molecule has 6 heteroatoms. The molecule has 0 saturated heterocycles. The van der Waals surface area contributed by atoms with Gasteiger partial charge in [-0.05, 0) is 36.8 Å². The van der Waals surface area contributed by atoms with Gasteiger partial charge in [0.05, 0.1) is 10.5 Å². The second kappa shape index (κ2) is 6.37. The summed E-state index contributed by atoms with van der Waals surface area (Å²) in [6, 6.07) is 14.8. The summed E-state index contributed by atoms with van der Waals surface area (Å²) in [5.41, 5.74) is 4.54. The number of hydrogen-bond donors (Lipinski definition) is 0. The van der Waals surface area contributed by atoms with E-state index in [1.165, 1.54) is 6.26 Å². The maximum Gasteiger partial charge on any atom is 0.175 e. The van der Waals surface area contributed by atoms with Crippen LogP contribution >= 0.6 is 0 Å². The lowest BCUT2D eigenvalue weighted by molar-refractivity contribution is 0.400. The first-order valence-electron chi connectivity index (χ1n) is 7.82. The van der Waals surface area contributed by atoms with Crippen molar-refractivity contribution in [2.24, 2.45) is 0 Å². The van der Waals surface area contributed by atoms with Crippen LogP contribution < -0.4 is 4.90 Å². The summed E-state index contributed by atoms with van der Waals surface area (Å²) in [4.78, 5) is 2.32. The Labute approximate surface area is 147 Å². The highest BCUT2D eigenvalue weighted by atomic mass is 32.2. The van der Waals surface area contributed by atoms with Crippen LogP contribution in [0.1, 0.15) is 5.76 Å². The van der Waals surface area contributed by atoms with Gasteiger partial charge in [-0.3, -0.25) is 0 Å². The minimum atomic E-state index is -3.22. The van der Waals surface area contributed by atoms with Gasteiger partial charge in [0.2, 0.25) is 0 Å². The van der Waals surface area contributed by atoms with E-state index < -0.39 is 9.84 Å². The number of rotatable bonds is 4. The predicted molar refractivity (Wildman–Crippen MR) is 99.5 cm³/mol. The molecule has 0 atom stereocenters. The Morgan fingerprint density at radius 1 is 0.920 bits per heavy atom. The molecule has 1 aromatic heterocycles. The monoisotopic (exact) mass is 356 g/mol. The molecule has 0 unspecified atom stereocenters. The summed E-state index contributed by atoms with van der Waals surface area (Å²) in [7, 11) is 0.763. The molecule has 3 rings (SSSR count). The van der Waals surface area contributed by atoms with Crippen LogP contribution in [0.4, 0.5) is 5.69 Å². The largest absolute Gasteiger partial charge is 0.378 e. The van der Waals surface area contributed by atoms with Crippen molar-refractivity contribution in [3.8, 4) is 22.4 Å². The van der Waals surface area contributed by atoms with Gasteiger partial charge in [-0.1, -0.05) is 29.4 Å². The fourth-order valence-electron chi connectivity index (χ4n) is 2.70. The van der Waals surface area contributed by atoms with Crippen molar-refractivity contribution in [1.29, 1.82) is 0 Å². The molecule has 0 aliphatic heterocycles. The second-order valence-corrected chi connectivity index (χ2v) is 8.22. The molecule has 3 aromatic rings. The molecular formula is C19H20N2O3S. The lowest BCUT2D eigenvalue weighted by atomic mass is 9.99. The molecule has 0 N–H and O–H groups in total. The maximum atomic E-state index is 11.6. The van der Waals surface area contributed by atoms with Gasteiger partial charge in [-0.15, -0.1) is 0 Å². The van der Waals surface area contributed by atoms with Gasteiger partial charge in [-0.2, -0.15) is 0 Å². The topological polar surface area (TPSA) is 63.4 Å². The van der Waals surface area contributed by atoms with E-state index in [-0.39, 0.29) is 0 Å².